The van der Waals surface area contributed by atoms with Crippen LogP contribution in [0.15, 0.2) is 24.3 Å². The summed E-state index contributed by atoms with van der Waals surface area (Å²) >= 11 is 0. The topological polar surface area (TPSA) is 38.3 Å². The summed E-state index contributed by atoms with van der Waals surface area (Å²) in [7, 11) is 0. The lowest BCUT2D eigenvalue weighted by atomic mass is 10.3. The van der Waals surface area contributed by atoms with E-state index in [0.29, 0.717) is 5.75 Å². The van der Waals surface area contributed by atoms with Crippen LogP contribution >= 0.6 is 0 Å². The number of carbonyl (C=O) groups is 1. The van der Waals surface area contributed by atoms with Gasteiger partial charge in [-0.25, -0.2) is 0 Å². The van der Waals surface area contributed by atoms with Gasteiger partial charge in [-0.2, -0.15) is 13.2 Å². The molecule has 1 rings (SSSR count). The number of benzene rings is 1. The van der Waals surface area contributed by atoms with Gasteiger partial charge in [0.1, 0.15) is 5.75 Å². The van der Waals surface area contributed by atoms with E-state index in [4.69, 9.17) is 4.74 Å². The van der Waals surface area contributed by atoms with Crippen molar-refractivity contribution in [3.05, 3.63) is 30.3 Å². The highest BCUT2D eigenvalue weighted by Crippen LogP contribution is 2.16. The number of alkyl halides is 3. The Morgan fingerprint density at radius 2 is 2.06 bits per heavy atom. The molecule has 6 heteroatoms. The summed E-state index contributed by atoms with van der Waals surface area (Å²) in [6.45, 7) is 1.61. The van der Waals surface area contributed by atoms with Crippen LogP contribution in [0.3, 0.4) is 0 Å². The summed E-state index contributed by atoms with van der Waals surface area (Å²) in [6, 6.07) is 8.96. The average molecular weight is 246 g/mol. The predicted octanol–water partition coefficient (Wildman–Crippen LogP) is 2.28. The highest BCUT2D eigenvalue weighted by atomic mass is 19.4. The highest BCUT2D eigenvalue weighted by Gasteiger charge is 2.39. The monoisotopic (exact) mass is 246 g/mol. The van der Waals surface area contributed by atoms with E-state index < -0.39 is 18.3 Å². The van der Waals surface area contributed by atoms with Crippen molar-refractivity contribution in [3.63, 3.8) is 0 Å². The van der Waals surface area contributed by atoms with Crippen LogP contribution in [0.4, 0.5) is 13.2 Å². The molecule has 1 radical (unpaired) electrons. The molecule has 0 aliphatic carbocycles. The van der Waals surface area contributed by atoms with Crippen LogP contribution in [0.5, 0.6) is 5.75 Å². The number of amides is 1. The second kappa shape index (κ2) is 5.56. The molecular weight excluding hydrogens is 235 g/mol. The molecular formula is C11H11F3NO2. The van der Waals surface area contributed by atoms with Crippen LogP contribution in [0.2, 0.25) is 0 Å². The standard InChI is InChI=1S/C11H11F3NO2/c1-2-9(15-10(16)11(12,13)14)17-8-6-4-3-5-7-8/h4-7,9H,2H2,1H3,(H,15,16). The van der Waals surface area contributed by atoms with Crippen LogP contribution in [-0.4, -0.2) is 18.3 Å². The second-order valence-electron chi connectivity index (χ2n) is 3.22. The number of halogens is 3. The normalized spacial score (nSPS) is 12.9. The van der Waals surface area contributed by atoms with E-state index >= 15 is 0 Å². The summed E-state index contributed by atoms with van der Waals surface area (Å²) in [5.41, 5.74) is 0. The molecule has 0 aromatic heterocycles. The van der Waals surface area contributed by atoms with E-state index in [9.17, 15) is 18.0 Å². The third kappa shape index (κ3) is 4.34. The van der Waals surface area contributed by atoms with Crippen LogP contribution in [0.1, 0.15) is 13.3 Å². The molecule has 0 fully saturated rings. The Morgan fingerprint density at radius 3 is 2.53 bits per heavy atom. The van der Waals surface area contributed by atoms with Crippen molar-refractivity contribution >= 4 is 5.91 Å². The molecule has 0 bridgehead atoms. The third-order valence-electron chi connectivity index (χ3n) is 1.89. The molecule has 1 atom stereocenters. The number of hydrogen-bond acceptors (Lipinski definition) is 2. The van der Waals surface area contributed by atoms with Crippen molar-refractivity contribution in [1.82, 2.24) is 5.32 Å². The fraction of sp³-hybridized carbons (Fsp3) is 0.364. The van der Waals surface area contributed by atoms with Crippen molar-refractivity contribution in [2.45, 2.75) is 25.7 Å². The van der Waals surface area contributed by atoms with Gasteiger partial charge in [0.15, 0.2) is 6.23 Å². The summed E-state index contributed by atoms with van der Waals surface area (Å²) in [5, 5.41) is 1.76. The minimum atomic E-state index is -4.90. The molecule has 0 saturated heterocycles. The van der Waals surface area contributed by atoms with Gasteiger partial charge < -0.3 is 10.1 Å². The maximum absolute atomic E-state index is 12.0. The van der Waals surface area contributed by atoms with E-state index in [0.717, 1.165) is 0 Å². The number of carbonyl (C=O) groups excluding carboxylic acids is 1. The van der Waals surface area contributed by atoms with E-state index in [-0.39, 0.29) is 6.42 Å². The summed E-state index contributed by atoms with van der Waals surface area (Å²) in [6.07, 6.45) is -5.69. The van der Waals surface area contributed by atoms with Crippen molar-refractivity contribution in [3.8, 4) is 5.75 Å². The lowest BCUT2D eigenvalue weighted by Crippen LogP contribution is -2.45. The molecule has 3 nitrogen and oxygen atoms in total. The van der Waals surface area contributed by atoms with Crippen LogP contribution in [-0.2, 0) is 4.79 Å². The minimum absolute atomic E-state index is 0.223. The van der Waals surface area contributed by atoms with Crippen LogP contribution in [0.25, 0.3) is 0 Å². The fourth-order valence-corrected chi connectivity index (χ4v) is 1.06. The van der Waals surface area contributed by atoms with Gasteiger partial charge in [-0.05, 0) is 18.2 Å². The Balaban J connectivity index is 2.59. The molecule has 1 unspecified atom stereocenters. The first-order valence-electron chi connectivity index (χ1n) is 4.94. The third-order valence-corrected chi connectivity index (χ3v) is 1.89. The predicted molar refractivity (Wildman–Crippen MR) is 54.2 cm³/mol. The van der Waals surface area contributed by atoms with Gasteiger partial charge in [-0.3, -0.25) is 4.79 Å². The number of nitrogens with one attached hydrogen (secondary N) is 1. The molecule has 0 saturated carbocycles. The highest BCUT2D eigenvalue weighted by molar-refractivity contribution is 5.81. The minimum Gasteiger partial charge on any atom is -0.471 e. The van der Waals surface area contributed by atoms with Crippen LogP contribution in [0, 0.1) is 6.07 Å². The Hall–Kier alpha value is -1.72. The summed E-state index contributed by atoms with van der Waals surface area (Å²) < 4.78 is 41.2. The molecule has 93 valence electrons. The fourth-order valence-electron chi connectivity index (χ4n) is 1.06. The largest absolute Gasteiger partial charge is 0.471 e. The quantitative estimate of drug-likeness (QED) is 0.828. The molecule has 1 amide bonds. The van der Waals surface area contributed by atoms with Gasteiger partial charge in [0, 0.05) is 6.42 Å². The van der Waals surface area contributed by atoms with E-state index in [1.54, 1.807) is 36.5 Å². The zero-order valence-corrected chi connectivity index (χ0v) is 9.04. The molecule has 17 heavy (non-hydrogen) atoms. The number of hydrogen-bond donors (Lipinski definition) is 1. The van der Waals surface area contributed by atoms with Gasteiger partial charge in [-0.1, -0.05) is 19.1 Å². The molecule has 0 aliphatic rings. The lowest BCUT2D eigenvalue weighted by molar-refractivity contribution is -0.176. The zero-order valence-electron chi connectivity index (χ0n) is 9.04. The van der Waals surface area contributed by atoms with Crippen molar-refractivity contribution < 1.29 is 22.7 Å². The Labute approximate surface area is 96.6 Å². The Kier molecular flexibility index (Phi) is 4.37. The summed E-state index contributed by atoms with van der Waals surface area (Å²) in [5.74, 6) is -1.63. The Bertz CT molecular complexity index is 365. The van der Waals surface area contributed by atoms with Gasteiger partial charge in [0.25, 0.3) is 0 Å². The molecule has 1 N–H and O–H groups in total. The summed E-state index contributed by atoms with van der Waals surface area (Å²) in [4.78, 5) is 10.7. The number of ether oxygens (including phenoxy) is 1. The maximum atomic E-state index is 12.0. The molecule has 0 aliphatic heterocycles. The number of rotatable bonds is 4. The lowest BCUT2D eigenvalue weighted by Gasteiger charge is -2.19. The first kappa shape index (κ1) is 13.3. The van der Waals surface area contributed by atoms with Crippen molar-refractivity contribution in [1.29, 1.82) is 0 Å². The van der Waals surface area contributed by atoms with Gasteiger partial charge in [0.05, 0.1) is 0 Å². The second-order valence-corrected chi connectivity index (χ2v) is 3.22. The van der Waals surface area contributed by atoms with Gasteiger partial charge in [0.2, 0.25) is 0 Å². The van der Waals surface area contributed by atoms with Crippen LogP contribution < -0.4 is 10.1 Å². The van der Waals surface area contributed by atoms with Gasteiger partial charge in [-0.15, -0.1) is 0 Å². The van der Waals surface area contributed by atoms with Gasteiger partial charge >= 0.3 is 12.1 Å². The van der Waals surface area contributed by atoms with E-state index in [1.165, 1.54) is 0 Å². The van der Waals surface area contributed by atoms with E-state index in [2.05, 4.69) is 6.07 Å². The Morgan fingerprint density at radius 1 is 1.47 bits per heavy atom. The molecule has 1 aromatic rings. The average Bonchev–Trinajstić information content (AvgIpc) is 2.28. The van der Waals surface area contributed by atoms with E-state index in [1.807, 2.05) is 0 Å². The van der Waals surface area contributed by atoms with Crippen molar-refractivity contribution in [2.24, 2.45) is 0 Å². The first-order chi connectivity index (χ1) is 7.93. The zero-order chi connectivity index (χ0) is 12.9. The SMILES string of the molecule is CCC(NC(=O)C(F)(F)F)Oc1cc[c]cc1. The smallest absolute Gasteiger partial charge is 0.471 e. The first-order valence-corrected chi connectivity index (χ1v) is 4.94. The molecule has 0 spiro atoms. The maximum Gasteiger partial charge on any atom is 0.471 e. The molecule has 0 heterocycles. The van der Waals surface area contributed by atoms with Crippen molar-refractivity contribution in [2.75, 3.05) is 0 Å². The molecule has 1 aromatic carbocycles.